The monoisotopic (exact) mass is 280 g/mol. The average molecular weight is 280 g/mol. The fourth-order valence-corrected chi connectivity index (χ4v) is 2.90. The summed E-state index contributed by atoms with van der Waals surface area (Å²) >= 11 is 0. The van der Waals surface area contributed by atoms with E-state index in [1.165, 1.54) is 0 Å². The topological polar surface area (TPSA) is 74.8 Å². The van der Waals surface area contributed by atoms with E-state index < -0.39 is 11.9 Å². The first-order valence-electron chi connectivity index (χ1n) is 6.97. The van der Waals surface area contributed by atoms with Crippen LogP contribution in [0.4, 0.5) is 0 Å². The number of amides is 4. The number of rotatable bonds is 3. The Kier molecular flexibility index (Phi) is 3.67. The number of carbonyl (C=O) groups is 4. The van der Waals surface area contributed by atoms with Crippen molar-refractivity contribution >= 4 is 23.6 Å². The fourth-order valence-electron chi connectivity index (χ4n) is 2.90. The molecule has 2 heterocycles. The van der Waals surface area contributed by atoms with Gasteiger partial charge >= 0.3 is 0 Å². The molecular weight excluding hydrogens is 260 g/mol. The van der Waals surface area contributed by atoms with Crippen molar-refractivity contribution in [1.82, 2.24) is 9.80 Å². The molecule has 2 aliphatic heterocycles. The summed E-state index contributed by atoms with van der Waals surface area (Å²) in [4.78, 5) is 50.7. The van der Waals surface area contributed by atoms with E-state index in [-0.39, 0.29) is 48.4 Å². The van der Waals surface area contributed by atoms with Gasteiger partial charge in [0, 0.05) is 18.4 Å². The second kappa shape index (κ2) is 5.00. The highest BCUT2D eigenvalue weighted by Crippen LogP contribution is 2.31. The maximum atomic E-state index is 12.3. The molecule has 110 valence electrons. The van der Waals surface area contributed by atoms with Gasteiger partial charge in [-0.25, -0.2) is 0 Å². The molecule has 2 aliphatic rings. The van der Waals surface area contributed by atoms with Crippen LogP contribution in [0.15, 0.2) is 0 Å². The maximum absolute atomic E-state index is 12.3. The Balaban J connectivity index is 2.25. The van der Waals surface area contributed by atoms with E-state index in [9.17, 15) is 19.2 Å². The van der Waals surface area contributed by atoms with Crippen molar-refractivity contribution in [2.75, 3.05) is 0 Å². The lowest BCUT2D eigenvalue weighted by Gasteiger charge is -2.23. The van der Waals surface area contributed by atoms with Crippen LogP contribution in [0.5, 0.6) is 0 Å². The van der Waals surface area contributed by atoms with E-state index in [4.69, 9.17) is 0 Å². The van der Waals surface area contributed by atoms with Crippen LogP contribution >= 0.6 is 0 Å². The van der Waals surface area contributed by atoms with Crippen LogP contribution in [-0.4, -0.2) is 45.5 Å². The van der Waals surface area contributed by atoms with Crippen LogP contribution in [0.1, 0.15) is 40.5 Å². The molecule has 0 aromatic rings. The van der Waals surface area contributed by atoms with Gasteiger partial charge in [-0.05, 0) is 19.8 Å². The SMILES string of the molecule is CC(C)C1CC(=O)N(C2CC(=O)N(C(C)C)C2=O)C1=O. The minimum Gasteiger partial charge on any atom is -0.278 e. The van der Waals surface area contributed by atoms with Crippen molar-refractivity contribution in [1.29, 1.82) is 0 Å². The molecule has 2 fully saturated rings. The predicted molar refractivity (Wildman–Crippen MR) is 70.2 cm³/mol. The third-order valence-electron chi connectivity index (χ3n) is 4.01. The lowest BCUT2D eigenvalue weighted by Crippen LogP contribution is -2.47. The summed E-state index contributed by atoms with van der Waals surface area (Å²) in [6.45, 7) is 7.23. The number of hydrogen-bond donors (Lipinski definition) is 0. The van der Waals surface area contributed by atoms with Crippen LogP contribution in [0.3, 0.4) is 0 Å². The standard InChI is InChI=1S/C14H20N2O4/c1-7(2)9-5-11(17)16(13(9)19)10-6-12(18)15(8(3)4)14(10)20/h7-10H,5-6H2,1-4H3. The summed E-state index contributed by atoms with van der Waals surface area (Å²) in [6, 6.07) is -1.19. The molecule has 4 amide bonds. The Morgan fingerprint density at radius 3 is 1.90 bits per heavy atom. The van der Waals surface area contributed by atoms with Crippen molar-refractivity contribution in [2.45, 2.75) is 52.6 Å². The first-order valence-corrected chi connectivity index (χ1v) is 6.97. The molecule has 6 nitrogen and oxygen atoms in total. The minimum atomic E-state index is -0.936. The van der Waals surface area contributed by atoms with Crippen LogP contribution < -0.4 is 0 Å². The first-order chi connectivity index (χ1) is 9.25. The molecule has 2 rings (SSSR count). The van der Waals surface area contributed by atoms with E-state index in [1.807, 2.05) is 13.8 Å². The van der Waals surface area contributed by atoms with E-state index in [0.29, 0.717) is 0 Å². The zero-order chi connectivity index (χ0) is 15.2. The zero-order valence-corrected chi connectivity index (χ0v) is 12.3. The lowest BCUT2D eigenvalue weighted by atomic mass is 9.94. The Morgan fingerprint density at radius 1 is 0.900 bits per heavy atom. The number of carbonyl (C=O) groups excluding carboxylic acids is 4. The molecule has 2 saturated heterocycles. The molecule has 0 bridgehead atoms. The molecule has 0 aromatic carbocycles. The van der Waals surface area contributed by atoms with Crippen LogP contribution in [0, 0.1) is 11.8 Å². The van der Waals surface area contributed by atoms with Crippen molar-refractivity contribution in [3.05, 3.63) is 0 Å². The largest absolute Gasteiger partial charge is 0.278 e. The molecule has 0 spiro atoms. The van der Waals surface area contributed by atoms with Gasteiger partial charge in [0.15, 0.2) is 0 Å². The van der Waals surface area contributed by atoms with Gasteiger partial charge in [-0.2, -0.15) is 0 Å². The van der Waals surface area contributed by atoms with Gasteiger partial charge < -0.3 is 0 Å². The molecule has 6 heteroatoms. The van der Waals surface area contributed by atoms with Gasteiger partial charge in [-0.15, -0.1) is 0 Å². The lowest BCUT2D eigenvalue weighted by molar-refractivity contribution is -0.150. The van der Waals surface area contributed by atoms with E-state index in [2.05, 4.69) is 0 Å². The van der Waals surface area contributed by atoms with Crippen LogP contribution in [-0.2, 0) is 19.2 Å². The molecule has 0 saturated carbocycles. The molecule has 2 atom stereocenters. The normalized spacial score (nSPS) is 27.7. The Morgan fingerprint density at radius 2 is 1.50 bits per heavy atom. The quantitative estimate of drug-likeness (QED) is 0.708. The second-order valence-electron chi connectivity index (χ2n) is 6.07. The highest BCUT2D eigenvalue weighted by Gasteiger charge is 2.51. The van der Waals surface area contributed by atoms with Crippen LogP contribution in [0.2, 0.25) is 0 Å². The number of imide groups is 2. The molecular formula is C14H20N2O4. The summed E-state index contributed by atoms with van der Waals surface area (Å²) in [5.74, 6) is -1.74. The van der Waals surface area contributed by atoms with Crippen molar-refractivity contribution in [3.63, 3.8) is 0 Å². The average Bonchev–Trinajstić information content (AvgIpc) is 2.76. The van der Waals surface area contributed by atoms with Gasteiger partial charge in [-0.3, -0.25) is 29.0 Å². The molecule has 0 radical (unpaired) electrons. The summed E-state index contributed by atoms with van der Waals surface area (Å²) in [6.07, 6.45) is 0.0510. The minimum absolute atomic E-state index is 0.0462. The third-order valence-corrected chi connectivity index (χ3v) is 4.01. The summed E-state index contributed by atoms with van der Waals surface area (Å²) in [7, 11) is 0. The van der Waals surface area contributed by atoms with Crippen molar-refractivity contribution in [3.8, 4) is 0 Å². The second-order valence-corrected chi connectivity index (χ2v) is 6.07. The van der Waals surface area contributed by atoms with E-state index >= 15 is 0 Å². The summed E-state index contributed by atoms with van der Waals surface area (Å²) in [5, 5.41) is 0. The Bertz CT molecular complexity index is 484. The Hall–Kier alpha value is -1.72. The molecule has 0 N–H and O–H groups in total. The number of nitrogens with zero attached hydrogens (tertiary/aromatic N) is 2. The molecule has 20 heavy (non-hydrogen) atoms. The van der Waals surface area contributed by atoms with Crippen molar-refractivity contribution in [2.24, 2.45) is 11.8 Å². The smallest absolute Gasteiger partial charge is 0.253 e. The maximum Gasteiger partial charge on any atom is 0.253 e. The Labute approximate surface area is 118 Å². The summed E-state index contributed by atoms with van der Waals surface area (Å²) < 4.78 is 0. The predicted octanol–water partition coefficient (Wildman–Crippen LogP) is 0.553. The van der Waals surface area contributed by atoms with Crippen molar-refractivity contribution < 1.29 is 19.2 Å². The third kappa shape index (κ3) is 2.13. The highest BCUT2D eigenvalue weighted by molar-refractivity contribution is 6.12. The van der Waals surface area contributed by atoms with Gasteiger partial charge in [0.1, 0.15) is 6.04 Å². The number of likely N-dealkylation sites (tertiary alicyclic amines) is 2. The van der Waals surface area contributed by atoms with Crippen LogP contribution in [0.25, 0.3) is 0 Å². The van der Waals surface area contributed by atoms with Gasteiger partial charge in [-0.1, -0.05) is 13.8 Å². The number of hydrogen-bond acceptors (Lipinski definition) is 4. The molecule has 2 unspecified atom stereocenters. The molecule has 0 aromatic heterocycles. The zero-order valence-electron chi connectivity index (χ0n) is 12.3. The fraction of sp³-hybridized carbons (Fsp3) is 0.714. The summed E-state index contributed by atoms with van der Waals surface area (Å²) in [5.41, 5.74) is 0. The van der Waals surface area contributed by atoms with E-state index in [0.717, 1.165) is 9.80 Å². The van der Waals surface area contributed by atoms with Gasteiger partial charge in [0.25, 0.3) is 5.91 Å². The molecule has 0 aliphatic carbocycles. The van der Waals surface area contributed by atoms with Gasteiger partial charge in [0.05, 0.1) is 6.42 Å². The van der Waals surface area contributed by atoms with Gasteiger partial charge in [0.2, 0.25) is 17.7 Å². The first kappa shape index (κ1) is 14.7. The van der Waals surface area contributed by atoms with E-state index in [1.54, 1.807) is 13.8 Å². The highest BCUT2D eigenvalue weighted by atomic mass is 16.2.